The summed E-state index contributed by atoms with van der Waals surface area (Å²) in [6.45, 7) is 1.55. The van der Waals surface area contributed by atoms with Crippen LogP contribution < -0.4 is 10.6 Å². The lowest BCUT2D eigenvalue weighted by atomic mass is 9.99. The van der Waals surface area contributed by atoms with Gasteiger partial charge in [-0.2, -0.15) is 0 Å². The molecule has 5 heteroatoms. The summed E-state index contributed by atoms with van der Waals surface area (Å²) in [5.74, 6) is 1.14. The van der Waals surface area contributed by atoms with E-state index in [0.717, 1.165) is 24.2 Å². The van der Waals surface area contributed by atoms with E-state index >= 15 is 0 Å². The van der Waals surface area contributed by atoms with E-state index in [2.05, 4.69) is 40.1 Å². The Morgan fingerprint density at radius 1 is 1.29 bits per heavy atom. The minimum Gasteiger partial charge on any atom is -0.384 e. The van der Waals surface area contributed by atoms with E-state index in [-0.39, 0.29) is 0 Å². The number of ether oxygens (including phenoxy) is 1. The molecule has 0 aliphatic carbocycles. The first-order chi connectivity index (χ1) is 10.2. The summed E-state index contributed by atoms with van der Waals surface area (Å²) < 4.78 is 5.13. The van der Waals surface area contributed by atoms with Crippen molar-refractivity contribution in [2.75, 3.05) is 31.3 Å². The number of anilines is 2. The number of nitrogens with zero attached hydrogens (tertiary/aromatic N) is 3. The highest BCUT2D eigenvalue weighted by Crippen LogP contribution is 2.30. The van der Waals surface area contributed by atoms with Gasteiger partial charge in [-0.15, -0.1) is 0 Å². The van der Waals surface area contributed by atoms with Crippen molar-refractivity contribution in [2.24, 2.45) is 0 Å². The molecule has 110 valence electrons. The summed E-state index contributed by atoms with van der Waals surface area (Å²) in [4.78, 5) is 11.2. The highest BCUT2D eigenvalue weighted by Gasteiger charge is 2.15. The standard InChI is InChI=1S/C16H20N4O/c1-20-7-3-4-11-8-12(5-6-14(11)20)16-18-13(10-21-2)9-15(17)19-16/h5-6,8-9H,3-4,7,10H2,1-2H3,(H2,17,18,19). The van der Waals surface area contributed by atoms with Crippen LogP contribution in [0.1, 0.15) is 17.7 Å². The number of aromatic nitrogens is 2. The molecule has 1 aliphatic heterocycles. The van der Waals surface area contributed by atoms with Crippen LogP contribution in [0, 0.1) is 0 Å². The Morgan fingerprint density at radius 3 is 2.95 bits per heavy atom. The van der Waals surface area contributed by atoms with Gasteiger partial charge in [0.25, 0.3) is 0 Å². The van der Waals surface area contributed by atoms with Crippen LogP contribution >= 0.6 is 0 Å². The van der Waals surface area contributed by atoms with E-state index < -0.39 is 0 Å². The molecule has 21 heavy (non-hydrogen) atoms. The van der Waals surface area contributed by atoms with Crippen LogP contribution in [0.2, 0.25) is 0 Å². The van der Waals surface area contributed by atoms with Crippen molar-refractivity contribution in [3.63, 3.8) is 0 Å². The van der Waals surface area contributed by atoms with E-state index in [1.54, 1.807) is 13.2 Å². The number of methoxy groups -OCH3 is 1. The maximum absolute atomic E-state index is 5.87. The summed E-state index contributed by atoms with van der Waals surface area (Å²) in [5, 5.41) is 0. The Bertz CT molecular complexity index is 657. The third kappa shape index (κ3) is 2.83. The van der Waals surface area contributed by atoms with E-state index in [1.807, 2.05) is 0 Å². The quantitative estimate of drug-likeness (QED) is 0.936. The SMILES string of the molecule is COCc1cc(N)nc(-c2ccc3c(c2)CCCN3C)n1. The summed E-state index contributed by atoms with van der Waals surface area (Å²) in [5.41, 5.74) is 10.3. The Hall–Kier alpha value is -2.14. The van der Waals surface area contributed by atoms with Gasteiger partial charge in [-0.3, -0.25) is 0 Å². The molecule has 3 rings (SSSR count). The maximum atomic E-state index is 5.87. The van der Waals surface area contributed by atoms with Crippen LogP contribution in [0.5, 0.6) is 0 Å². The fraction of sp³-hybridized carbons (Fsp3) is 0.375. The highest BCUT2D eigenvalue weighted by molar-refractivity contribution is 5.66. The lowest BCUT2D eigenvalue weighted by Crippen LogP contribution is -2.24. The van der Waals surface area contributed by atoms with E-state index in [1.165, 1.54) is 17.7 Å². The average molecular weight is 284 g/mol. The number of aryl methyl sites for hydroxylation is 1. The average Bonchev–Trinajstić information content (AvgIpc) is 2.47. The van der Waals surface area contributed by atoms with Gasteiger partial charge in [0, 0.05) is 38.0 Å². The second-order valence-electron chi connectivity index (χ2n) is 5.41. The zero-order valence-electron chi connectivity index (χ0n) is 12.5. The number of hydrogen-bond acceptors (Lipinski definition) is 5. The minimum atomic E-state index is 0.438. The molecular weight excluding hydrogens is 264 g/mol. The summed E-state index contributed by atoms with van der Waals surface area (Å²) >= 11 is 0. The molecule has 0 saturated carbocycles. The summed E-state index contributed by atoms with van der Waals surface area (Å²) in [6.07, 6.45) is 2.28. The Labute approximate surface area is 124 Å². The first-order valence-corrected chi connectivity index (χ1v) is 7.14. The van der Waals surface area contributed by atoms with Crippen molar-refractivity contribution in [3.8, 4) is 11.4 Å². The van der Waals surface area contributed by atoms with Gasteiger partial charge in [0.15, 0.2) is 5.82 Å². The van der Waals surface area contributed by atoms with E-state index in [4.69, 9.17) is 10.5 Å². The lowest BCUT2D eigenvalue weighted by molar-refractivity contribution is 0.181. The molecule has 2 N–H and O–H groups in total. The van der Waals surface area contributed by atoms with Gasteiger partial charge < -0.3 is 15.4 Å². The number of hydrogen-bond donors (Lipinski definition) is 1. The third-order valence-electron chi connectivity index (χ3n) is 3.78. The molecule has 0 unspecified atom stereocenters. The van der Waals surface area contributed by atoms with E-state index in [9.17, 15) is 0 Å². The second kappa shape index (κ2) is 5.69. The third-order valence-corrected chi connectivity index (χ3v) is 3.78. The van der Waals surface area contributed by atoms with Gasteiger partial charge in [-0.25, -0.2) is 9.97 Å². The first-order valence-electron chi connectivity index (χ1n) is 7.14. The zero-order valence-corrected chi connectivity index (χ0v) is 12.5. The van der Waals surface area contributed by atoms with Crippen LogP contribution in [0.15, 0.2) is 24.3 Å². The number of nitrogens with two attached hydrogens (primary N) is 1. The van der Waals surface area contributed by atoms with E-state index in [0.29, 0.717) is 18.2 Å². The number of nitrogen functional groups attached to an aromatic ring is 1. The molecule has 1 aromatic heterocycles. The number of fused-ring (bicyclic) bond motifs is 1. The molecule has 0 saturated heterocycles. The van der Waals surface area contributed by atoms with Crippen molar-refractivity contribution >= 4 is 11.5 Å². The second-order valence-corrected chi connectivity index (χ2v) is 5.41. The highest BCUT2D eigenvalue weighted by atomic mass is 16.5. The fourth-order valence-electron chi connectivity index (χ4n) is 2.79. The number of benzene rings is 1. The van der Waals surface area contributed by atoms with Crippen LogP contribution in [0.4, 0.5) is 11.5 Å². The molecule has 0 fully saturated rings. The molecule has 0 atom stereocenters. The fourth-order valence-corrected chi connectivity index (χ4v) is 2.79. The van der Waals surface area contributed by atoms with Crippen LogP contribution in [0.3, 0.4) is 0 Å². The van der Waals surface area contributed by atoms with Gasteiger partial charge in [0.05, 0.1) is 12.3 Å². The van der Waals surface area contributed by atoms with Crippen molar-refractivity contribution in [1.29, 1.82) is 0 Å². The molecule has 1 aliphatic rings. The largest absolute Gasteiger partial charge is 0.384 e. The van der Waals surface area contributed by atoms with Crippen molar-refractivity contribution in [1.82, 2.24) is 9.97 Å². The molecule has 2 aromatic rings. The van der Waals surface area contributed by atoms with Gasteiger partial charge in [-0.05, 0) is 36.6 Å². The first kappa shape index (κ1) is 13.8. The normalized spacial score (nSPS) is 14.1. The van der Waals surface area contributed by atoms with Gasteiger partial charge in [0.1, 0.15) is 5.82 Å². The molecule has 0 amide bonds. The van der Waals surface area contributed by atoms with Crippen LogP contribution in [-0.2, 0) is 17.8 Å². The molecule has 5 nitrogen and oxygen atoms in total. The summed E-state index contributed by atoms with van der Waals surface area (Å²) in [7, 11) is 3.78. The molecule has 2 heterocycles. The Morgan fingerprint density at radius 2 is 2.14 bits per heavy atom. The monoisotopic (exact) mass is 284 g/mol. The van der Waals surface area contributed by atoms with Crippen molar-refractivity contribution in [2.45, 2.75) is 19.4 Å². The molecular formula is C16H20N4O. The molecule has 1 aromatic carbocycles. The smallest absolute Gasteiger partial charge is 0.161 e. The Balaban J connectivity index is 2.00. The minimum absolute atomic E-state index is 0.438. The maximum Gasteiger partial charge on any atom is 0.161 e. The van der Waals surface area contributed by atoms with Gasteiger partial charge >= 0.3 is 0 Å². The van der Waals surface area contributed by atoms with Gasteiger partial charge in [-0.1, -0.05) is 0 Å². The predicted octanol–water partition coefficient (Wildman–Crippen LogP) is 2.25. The zero-order chi connectivity index (χ0) is 14.8. The molecule has 0 radical (unpaired) electrons. The van der Waals surface area contributed by atoms with Crippen LogP contribution in [0.25, 0.3) is 11.4 Å². The van der Waals surface area contributed by atoms with Crippen molar-refractivity contribution in [3.05, 3.63) is 35.5 Å². The van der Waals surface area contributed by atoms with Crippen molar-refractivity contribution < 1.29 is 4.74 Å². The predicted molar refractivity (Wildman–Crippen MR) is 84.2 cm³/mol. The van der Waals surface area contributed by atoms with Crippen LogP contribution in [-0.4, -0.2) is 30.7 Å². The molecule has 0 spiro atoms. The van der Waals surface area contributed by atoms with Gasteiger partial charge in [0.2, 0.25) is 0 Å². The molecule has 0 bridgehead atoms. The summed E-state index contributed by atoms with van der Waals surface area (Å²) in [6, 6.07) is 8.13. The lowest BCUT2D eigenvalue weighted by Gasteiger charge is -2.27. The Kier molecular flexibility index (Phi) is 3.75. The topological polar surface area (TPSA) is 64.3 Å². The number of rotatable bonds is 3.